The maximum Gasteiger partial charge on any atom is 0.135 e. The summed E-state index contributed by atoms with van der Waals surface area (Å²) in [5.74, 6) is 0. The number of hydrogen-bond donors (Lipinski definition) is 0. The van der Waals surface area contributed by atoms with E-state index in [1.54, 1.807) is 0 Å². The second-order valence-corrected chi connectivity index (χ2v) is 15.8. The Hall–Kier alpha value is -7.00. The molecule has 1 nitrogen and oxygen atoms in total. The summed E-state index contributed by atoms with van der Waals surface area (Å²) in [5, 5.41) is 4.88. The van der Waals surface area contributed by atoms with Gasteiger partial charge in [-0.05, 0) is 126 Å². The molecule has 0 saturated heterocycles. The number of furan rings is 1. The molecule has 0 atom stereocenters. The van der Waals surface area contributed by atoms with Crippen molar-refractivity contribution in [1.29, 1.82) is 0 Å². The van der Waals surface area contributed by atoms with E-state index in [1.165, 1.54) is 92.5 Å². The van der Waals surface area contributed by atoms with Gasteiger partial charge in [-0.3, -0.25) is 0 Å². The molecule has 12 rings (SSSR count). The SMILES string of the molecule is c1ccc2c(c1)-c1ccccc1-c1ccc(-c3cc(-c4ccc5oc6ccccc6c5c4)cc(-c4cccc5c4sc4ccccc45)c3)cc1-c1ccccc1-2. The van der Waals surface area contributed by atoms with Crippen molar-refractivity contribution in [3.05, 3.63) is 194 Å². The number of rotatable bonds is 3. The number of para-hydroxylation sites is 1. The van der Waals surface area contributed by atoms with Crippen LogP contribution >= 0.6 is 11.3 Å². The summed E-state index contributed by atoms with van der Waals surface area (Å²) in [6.07, 6.45) is 0. The van der Waals surface area contributed by atoms with Crippen molar-refractivity contribution in [1.82, 2.24) is 0 Å². The van der Waals surface area contributed by atoms with Crippen molar-refractivity contribution < 1.29 is 4.42 Å². The average molecular weight is 729 g/mol. The zero-order valence-corrected chi connectivity index (χ0v) is 31.1. The Bertz CT molecular complexity index is 3370. The van der Waals surface area contributed by atoms with Gasteiger partial charge in [0.1, 0.15) is 11.2 Å². The Morgan fingerprint density at radius 1 is 0.268 bits per heavy atom. The van der Waals surface area contributed by atoms with E-state index in [2.05, 4.69) is 188 Å². The normalized spacial score (nSPS) is 11.9. The minimum absolute atomic E-state index is 0.906. The van der Waals surface area contributed by atoms with Crippen LogP contribution in [0.2, 0.25) is 0 Å². The molecule has 1 aliphatic rings. The third-order valence-corrected chi connectivity index (χ3v) is 12.9. The molecule has 0 amide bonds. The zero-order chi connectivity index (χ0) is 36.7. The maximum absolute atomic E-state index is 6.26. The molecular formula is C54H32OS. The van der Waals surface area contributed by atoms with E-state index in [-0.39, 0.29) is 0 Å². The molecule has 2 heteroatoms. The number of benzene rings is 9. The van der Waals surface area contributed by atoms with Gasteiger partial charge >= 0.3 is 0 Å². The van der Waals surface area contributed by atoms with Crippen LogP contribution in [0.25, 0.3) is 120 Å². The van der Waals surface area contributed by atoms with Crippen LogP contribution in [0.1, 0.15) is 0 Å². The minimum Gasteiger partial charge on any atom is -0.456 e. The predicted molar refractivity (Wildman–Crippen MR) is 238 cm³/mol. The van der Waals surface area contributed by atoms with E-state index in [4.69, 9.17) is 4.42 Å². The van der Waals surface area contributed by atoms with E-state index in [0.29, 0.717) is 0 Å². The largest absolute Gasteiger partial charge is 0.456 e. The fourth-order valence-corrected chi connectivity index (χ4v) is 10.3. The zero-order valence-electron chi connectivity index (χ0n) is 30.3. The average Bonchev–Trinajstić information content (AvgIpc) is 3.84. The molecule has 0 spiro atoms. The summed E-state index contributed by atoms with van der Waals surface area (Å²) in [6, 6.07) is 71.3. The van der Waals surface area contributed by atoms with Crippen molar-refractivity contribution in [2.75, 3.05) is 0 Å². The topological polar surface area (TPSA) is 13.1 Å². The molecule has 0 aliphatic heterocycles. The van der Waals surface area contributed by atoms with Crippen LogP contribution in [0, 0.1) is 0 Å². The molecule has 0 saturated carbocycles. The van der Waals surface area contributed by atoms with Gasteiger partial charge in [-0.1, -0.05) is 146 Å². The van der Waals surface area contributed by atoms with Gasteiger partial charge in [-0.15, -0.1) is 11.3 Å². The smallest absolute Gasteiger partial charge is 0.135 e. The summed E-state index contributed by atoms with van der Waals surface area (Å²) in [7, 11) is 0. The highest BCUT2D eigenvalue weighted by atomic mass is 32.1. The Balaban J connectivity index is 1.12. The van der Waals surface area contributed by atoms with Crippen molar-refractivity contribution in [3.63, 3.8) is 0 Å². The Morgan fingerprint density at radius 3 is 1.45 bits per heavy atom. The first-order valence-electron chi connectivity index (χ1n) is 19.2. The number of fused-ring (bicyclic) bond motifs is 14. The van der Waals surface area contributed by atoms with Crippen molar-refractivity contribution in [3.8, 4) is 77.9 Å². The molecule has 0 unspecified atom stereocenters. The summed E-state index contributed by atoms with van der Waals surface area (Å²) in [6.45, 7) is 0. The lowest BCUT2D eigenvalue weighted by Crippen LogP contribution is -1.97. The third kappa shape index (κ3) is 4.80. The first-order valence-corrected chi connectivity index (χ1v) is 20.0. The van der Waals surface area contributed by atoms with Gasteiger partial charge in [-0.25, -0.2) is 0 Å². The lowest BCUT2D eigenvalue weighted by Gasteiger charge is -2.23. The van der Waals surface area contributed by atoms with Crippen LogP contribution in [-0.2, 0) is 0 Å². The van der Waals surface area contributed by atoms with Crippen molar-refractivity contribution in [2.45, 2.75) is 0 Å². The van der Waals surface area contributed by atoms with E-state index >= 15 is 0 Å². The highest BCUT2D eigenvalue weighted by Gasteiger charge is 2.22. The second kappa shape index (κ2) is 12.3. The molecule has 2 aromatic heterocycles. The first kappa shape index (κ1) is 31.4. The van der Waals surface area contributed by atoms with E-state index in [0.717, 1.165) is 27.5 Å². The number of thiophene rings is 1. The van der Waals surface area contributed by atoms with Crippen molar-refractivity contribution in [2.24, 2.45) is 0 Å². The Kier molecular flexibility index (Phi) is 6.87. The van der Waals surface area contributed by atoms with Gasteiger partial charge < -0.3 is 4.42 Å². The lowest BCUT2D eigenvalue weighted by molar-refractivity contribution is 0.669. The van der Waals surface area contributed by atoms with Crippen LogP contribution < -0.4 is 0 Å². The van der Waals surface area contributed by atoms with Crippen LogP contribution in [0.3, 0.4) is 0 Å². The quantitative estimate of drug-likeness (QED) is 0.177. The molecule has 0 radical (unpaired) electrons. The van der Waals surface area contributed by atoms with Crippen LogP contribution in [0.15, 0.2) is 199 Å². The first-order chi connectivity index (χ1) is 27.7. The van der Waals surface area contributed by atoms with E-state index in [9.17, 15) is 0 Å². The fourth-order valence-electron chi connectivity index (χ4n) is 9.04. The lowest BCUT2D eigenvalue weighted by atomic mass is 9.80. The molecule has 11 aromatic rings. The maximum atomic E-state index is 6.26. The van der Waals surface area contributed by atoms with Crippen LogP contribution in [-0.4, -0.2) is 0 Å². The summed E-state index contributed by atoms with van der Waals surface area (Å²) in [4.78, 5) is 0. The van der Waals surface area contributed by atoms with E-state index < -0.39 is 0 Å². The predicted octanol–water partition coefficient (Wildman–Crippen LogP) is 15.9. The standard InChI is InChI=1S/C54H32OS/c1-2-13-40-39(12-1)41-14-3-4-16-43(41)45-26-24-33(31-49(45)44-17-6-5-15-42(40)44)35-28-36(34-25-27-52-50(32-34)46-18-7-9-22-51(46)55-52)30-37(29-35)38-20-11-21-48-47-19-8-10-23-53(47)56-54(38)48/h1-32H. The molecule has 0 N–H and O–H groups in total. The van der Waals surface area contributed by atoms with Gasteiger partial charge in [0, 0.05) is 30.9 Å². The highest BCUT2D eigenvalue weighted by Crippen LogP contribution is 2.49. The molecule has 0 bridgehead atoms. The van der Waals surface area contributed by atoms with Crippen LogP contribution in [0.4, 0.5) is 0 Å². The molecule has 9 aromatic carbocycles. The molecule has 1 aliphatic carbocycles. The molecule has 0 fully saturated rings. The highest BCUT2D eigenvalue weighted by molar-refractivity contribution is 7.26. The van der Waals surface area contributed by atoms with Gasteiger partial charge in [0.25, 0.3) is 0 Å². The Morgan fingerprint density at radius 2 is 0.750 bits per heavy atom. The summed E-state index contributed by atoms with van der Waals surface area (Å²) < 4.78 is 8.88. The molecule has 56 heavy (non-hydrogen) atoms. The minimum atomic E-state index is 0.906. The number of hydrogen-bond acceptors (Lipinski definition) is 2. The third-order valence-electron chi connectivity index (χ3n) is 11.7. The van der Waals surface area contributed by atoms with Crippen molar-refractivity contribution >= 4 is 53.4 Å². The monoisotopic (exact) mass is 728 g/mol. The van der Waals surface area contributed by atoms with Gasteiger partial charge in [0.05, 0.1) is 0 Å². The summed E-state index contributed by atoms with van der Waals surface area (Å²) >= 11 is 1.88. The van der Waals surface area contributed by atoms with Crippen LogP contribution in [0.5, 0.6) is 0 Å². The Labute approximate surface area is 328 Å². The molecular weight excluding hydrogens is 697 g/mol. The van der Waals surface area contributed by atoms with Gasteiger partial charge in [-0.2, -0.15) is 0 Å². The fraction of sp³-hybridized carbons (Fsp3) is 0. The van der Waals surface area contributed by atoms with Gasteiger partial charge in [0.2, 0.25) is 0 Å². The summed E-state index contributed by atoms with van der Waals surface area (Å²) in [5.41, 5.74) is 19.0. The molecule has 260 valence electrons. The van der Waals surface area contributed by atoms with E-state index in [1.807, 2.05) is 17.4 Å². The van der Waals surface area contributed by atoms with Gasteiger partial charge in [0.15, 0.2) is 0 Å². The molecule has 2 heterocycles. The second-order valence-electron chi connectivity index (χ2n) is 14.8.